The average Bonchev–Trinajstić information content (AvgIpc) is 3.74. The zero-order chi connectivity index (χ0) is 34.2. The number of nitrogens with one attached hydrogen (secondary N) is 2. The van der Waals surface area contributed by atoms with Gasteiger partial charge in [0.05, 0.1) is 29.1 Å². The van der Waals surface area contributed by atoms with Gasteiger partial charge < -0.3 is 20.9 Å². The summed E-state index contributed by atoms with van der Waals surface area (Å²) in [7, 11) is 1.79. The number of hydrogen-bond acceptors (Lipinski definition) is 9. The number of carbonyl (C=O) groups is 4. The topological polar surface area (TPSA) is 162 Å². The third-order valence-electron chi connectivity index (χ3n) is 9.00. The molecule has 49 heavy (non-hydrogen) atoms. The Morgan fingerprint density at radius 2 is 1.80 bits per heavy atom. The van der Waals surface area contributed by atoms with Crippen molar-refractivity contribution in [2.24, 2.45) is 5.73 Å². The molecule has 4 N–H and O–H groups in total. The molecule has 0 saturated carbocycles. The van der Waals surface area contributed by atoms with E-state index in [1.807, 2.05) is 24.3 Å². The van der Waals surface area contributed by atoms with Crippen LogP contribution in [-0.2, 0) is 11.2 Å². The molecule has 0 spiro atoms. The maximum absolute atomic E-state index is 13.4. The molecule has 5 heterocycles. The van der Waals surface area contributed by atoms with Gasteiger partial charge in [0.2, 0.25) is 5.91 Å². The first kappa shape index (κ1) is 31.9. The summed E-state index contributed by atoms with van der Waals surface area (Å²) in [6, 6.07) is 12.3. The van der Waals surface area contributed by atoms with Gasteiger partial charge in [-0.3, -0.25) is 29.5 Å². The van der Waals surface area contributed by atoms with Crippen LogP contribution in [0.25, 0.3) is 5.65 Å². The highest BCUT2D eigenvalue weighted by Crippen LogP contribution is 2.36. The summed E-state index contributed by atoms with van der Waals surface area (Å²) in [6.45, 7) is 3.86. The summed E-state index contributed by atoms with van der Waals surface area (Å²) in [5, 5.41) is 10.5. The molecule has 7 rings (SSSR count). The van der Waals surface area contributed by atoms with Crippen LogP contribution < -0.4 is 26.2 Å². The van der Waals surface area contributed by atoms with Crippen molar-refractivity contribution in [2.45, 2.75) is 12.8 Å². The van der Waals surface area contributed by atoms with Crippen molar-refractivity contribution in [3.63, 3.8) is 0 Å². The van der Waals surface area contributed by atoms with Gasteiger partial charge in [-0.2, -0.15) is 0 Å². The molecule has 3 aliphatic rings. The maximum Gasteiger partial charge on any atom is 0.328 e. The Labute approximate surface area is 286 Å². The molecule has 2 aromatic heterocycles. The van der Waals surface area contributed by atoms with E-state index in [2.05, 4.69) is 37.3 Å². The fraction of sp³-hybridized carbons (Fsp3) is 0.294. The SMILES string of the molecule is CNc1cc(N2CCc3c(C#CCN4CCN(C(=O)c5ccc(Cl)c(N6CCC(=O)NC6=O)c5)CC4)cccc32)nn2c(C(N)=O)cnc12. The Bertz CT molecular complexity index is 2080. The van der Waals surface area contributed by atoms with Crippen molar-refractivity contribution in [3.8, 4) is 11.8 Å². The number of fused-ring (bicyclic) bond motifs is 2. The Hall–Kier alpha value is -5.65. The Morgan fingerprint density at radius 3 is 2.55 bits per heavy atom. The predicted molar refractivity (Wildman–Crippen MR) is 184 cm³/mol. The number of imidazole rings is 1. The number of primary amides is 1. The Balaban J connectivity index is 1.00. The third kappa shape index (κ3) is 6.10. The molecule has 0 atom stereocenters. The number of halogens is 1. The average molecular weight is 681 g/mol. The van der Waals surface area contributed by atoms with Crippen LogP contribution in [0.5, 0.6) is 0 Å². The third-order valence-corrected chi connectivity index (χ3v) is 9.32. The number of piperazine rings is 1. The van der Waals surface area contributed by atoms with Gasteiger partial charge in [0.25, 0.3) is 11.8 Å². The highest BCUT2D eigenvalue weighted by molar-refractivity contribution is 6.34. The van der Waals surface area contributed by atoms with Crippen LogP contribution in [0.2, 0.25) is 5.02 Å². The molecule has 14 nitrogen and oxygen atoms in total. The highest BCUT2D eigenvalue weighted by Gasteiger charge is 2.29. The lowest BCUT2D eigenvalue weighted by atomic mass is 10.1. The second-order valence-corrected chi connectivity index (χ2v) is 12.3. The van der Waals surface area contributed by atoms with Gasteiger partial charge in [-0.1, -0.05) is 29.5 Å². The van der Waals surface area contributed by atoms with Gasteiger partial charge in [-0.15, -0.1) is 5.10 Å². The molecular weight excluding hydrogens is 648 g/mol. The summed E-state index contributed by atoms with van der Waals surface area (Å²) < 4.78 is 1.48. The molecule has 250 valence electrons. The monoisotopic (exact) mass is 680 g/mol. The normalized spacial score (nSPS) is 16.3. The van der Waals surface area contributed by atoms with E-state index in [9.17, 15) is 19.2 Å². The van der Waals surface area contributed by atoms with Crippen LogP contribution in [0.3, 0.4) is 0 Å². The molecule has 4 aromatic rings. The lowest BCUT2D eigenvalue weighted by molar-refractivity contribution is -0.120. The number of urea groups is 1. The second kappa shape index (κ2) is 13.1. The molecule has 2 saturated heterocycles. The zero-order valence-electron chi connectivity index (χ0n) is 26.7. The molecule has 0 radical (unpaired) electrons. The molecule has 0 unspecified atom stereocenters. The highest BCUT2D eigenvalue weighted by atomic mass is 35.5. The quantitative estimate of drug-likeness (QED) is 0.260. The number of benzene rings is 2. The molecule has 2 aromatic carbocycles. The van der Waals surface area contributed by atoms with Gasteiger partial charge in [0, 0.05) is 75.6 Å². The number of nitrogens with zero attached hydrogens (tertiary/aromatic N) is 7. The number of anilines is 4. The van der Waals surface area contributed by atoms with E-state index in [0.717, 1.165) is 28.9 Å². The first-order chi connectivity index (χ1) is 23.7. The first-order valence-corrected chi connectivity index (χ1v) is 16.3. The number of nitrogens with two attached hydrogens (primary N) is 1. The fourth-order valence-electron chi connectivity index (χ4n) is 6.41. The number of hydrogen-bond donors (Lipinski definition) is 3. The standard InChI is InChI=1S/C34H33ClN10O4/c1-37-25-19-29(40-45-28(31(36)47)20-38-32(25)45)43-12-9-23-21(4-2-6-26(23)43)5-3-11-41-14-16-42(17-15-41)33(48)22-7-8-24(35)27(18-22)44-13-10-30(46)39-34(44)49/h2,4,6-8,18-20,37H,9-17H2,1H3,(H2,36,47)(H,39,46,49). The van der Waals surface area contributed by atoms with Gasteiger partial charge in [0.15, 0.2) is 11.5 Å². The minimum Gasteiger partial charge on any atom is -0.385 e. The van der Waals surface area contributed by atoms with Crippen molar-refractivity contribution < 1.29 is 19.2 Å². The fourth-order valence-corrected chi connectivity index (χ4v) is 6.63. The van der Waals surface area contributed by atoms with Crippen molar-refractivity contribution in [1.29, 1.82) is 0 Å². The molecule has 3 aliphatic heterocycles. The number of aromatic nitrogens is 3. The molecule has 2 fully saturated rings. The lowest BCUT2D eigenvalue weighted by Crippen LogP contribution is -2.50. The smallest absolute Gasteiger partial charge is 0.328 e. The van der Waals surface area contributed by atoms with Crippen LogP contribution in [0, 0.1) is 11.8 Å². The van der Waals surface area contributed by atoms with Crippen molar-refractivity contribution in [2.75, 3.05) is 68.0 Å². The maximum atomic E-state index is 13.4. The first-order valence-electron chi connectivity index (χ1n) is 15.9. The number of rotatable bonds is 6. The van der Waals surface area contributed by atoms with Crippen molar-refractivity contribution in [1.82, 2.24) is 29.7 Å². The summed E-state index contributed by atoms with van der Waals surface area (Å²) >= 11 is 6.37. The Kier molecular flexibility index (Phi) is 8.53. The van der Waals surface area contributed by atoms with Gasteiger partial charge in [-0.05, 0) is 42.3 Å². The van der Waals surface area contributed by atoms with Crippen LogP contribution in [0.15, 0.2) is 48.7 Å². The summed E-state index contributed by atoms with van der Waals surface area (Å²) in [5.74, 6) is 6.28. The van der Waals surface area contributed by atoms with Crippen molar-refractivity contribution in [3.05, 3.63) is 76.1 Å². The van der Waals surface area contributed by atoms with E-state index in [4.69, 9.17) is 22.4 Å². The van der Waals surface area contributed by atoms with Crippen LogP contribution in [0.4, 0.5) is 27.7 Å². The van der Waals surface area contributed by atoms with E-state index in [0.29, 0.717) is 67.0 Å². The van der Waals surface area contributed by atoms with E-state index < -0.39 is 11.9 Å². The summed E-state index contributed by atoms with van der Waals surface area (Å²) in [6.07, 6.45) is 2.38. The molecule has 5 amide bonds. The number of carbonyl (C=O) groups excluding carboxylic acids is 4. The molecular formula is C34H33ClN10O4. The van der Waals surface area contributed by atoms with Gasteiger partial charge >= 0.3 is 6.03 Å². The summed E-state index contributed by atoms with van der Waals surface area (Å²) in [4.78, 5) is 61.1. The van der Waals surface area contributed by atoms with E-state index >= 15 is 0 Å². The largest absolute Gasteiger partial charge is 0.385 e. The van der Waals surface area contributed by atoms with E-state index in [-0.39, 0.29) is 30.5 Å². The lowest BCUT2D eigenvalue weighted by Gasteiger charge is -2.34. The molecule has 0 bridgehead atoms. The van der Waals surface area contributed by atoms with E-state index in [1.165, 1.54) is 15.6 Å². The van der Waals surface area contributed by atoms with Crippen molar-refractivity contribution >= 4 is 63.9 Å². The zero-order valence-corrected chi connectivity index (χ0v) is 27.5. The Morgan fingerprint density at radius 1 is 1.00 bits per heavy atom. The number of imide groups is 1. The van der Waals surface area contributed by atoms with Crippen LogP contribution in [0.1, 0.15) is 38.4 Å². The summed E-state index contributed by atoms with van der Waals surface area (Å²) in [5.41, 5.74) is 10.9. The molecule has 15 heteroatoms. The predicted octanol–water partition coefficient (Wildman–Crippen LogP) is 2.47. The van der Waals surface area contributed by atoms with Gasteiger partial charge in [0.1, 0.15) is 5.69 Å². The second-order valence-electron chi connectivity index (χ2n) is 11.9. The molecule has 0 aliphatic carbocycles. The van der Waals surface area contributed by atoms with E-state index in [1.54, 1.807) is 30.1 Å². The van der Waals surface area contributed by atoms with Crippen LogP contribution >= 0.6 is 11.6 Å². The van der Waals surface area contributed by atoms with Gasteiger partial charge in [-0.25, -0.2) is 14.3 Å². The minimum absolute atomic E-state index is 0.143. The number of amides is 5. The van der Waals surface area contributed by atoms with Crippen LogP contribution in [-0.4, -0.2) is 101 Å². The minimum atomic E-state index is -0.604.